The fourth-order valence-electron chi connectivity index (χ4n) is 2.40. The summed E-state index contributed by atoms with van der Waals surface area (Å²) in [5, 5.41) is 8.64. The zero-order valence-corrected chi connectivity index (χ0v) is 13.4. The summed E-state index contributed by atoms with van der Waals surface area (Å²) in [7, 11) is 0. The third-order valence-electron chi connectivity index (χ3n) is 3.67. The number of hydrogen-bond donors (Lipinski definition) is 2. The van der Waals surface area contributed by atoms with Crippen molar-refractivity contribution in [2.75, 3.05) is 0 Å². The van der Waals surface area contributed by atoms with Crippen LogP contribution >= 0.6 is 12.4 Å². The second-order valence-corrected chi connectivity index (χ2v) is 5.20. The van der Waals surface area contributed by atoms with Crippen LogP contribution < -0.4 is 0 Å². The number of imidazole rings is 1. The summed E-state index contributed by atoms with van der Waals surface area (Å²) in [6.07, 6.45) is 2.72. The highest BCUT2D eigenvalue weighted by atomic mass is 35.5. The van der Waals surface area contributed by atoms with Crippen LogP contribution in [0, 0.1) is 0 Å². The van der Waals surface area contributed by atoms with Gasteiger partial charge in [0.25, 0.3) is 0 Å². The number of H-pyrrole nitrogens is 1. The second-order valence-electron chi connectivity index (χ2n) is 5.20. The predicted octanol–water partition coefficient (Wildman–Crippen LogP) is 4.23. The fourth-order valence-corrected chi connectivity index (χ4v) is 2.40. The van der Waals surface area contributed by atoms with Crippen LogP contribution in [0.3, 0.4) is 0 Å². The molecular weight excluding hydrogens is 312 g/mol. The van der Waals surface area contributed by atoms with Gasteiger partial charge in [-0.1, -0.05) is 43.3 Å². The molecule has 5 heteroatoms. The van der Waals surface area contributed by atoms with E-state index in [2.05, 4.69) is 16.9 Å². The van der Waals surface area contributed by atoms with Gasteiger partial charge in [0.05, 0.1) is 11.0 Å². The van der Waals surface area contributed by atoms with Crippen LogP contribution in [0.2, 0.25) is 0 Å². The van der Waals surface area contributed by atoms with Crippen LogP contribution in [-0.2, 0) is 4.79 Å². The van der Waals surface area contributed by atoms with E-state index in [1.165, 1.54) is 0 Å². The van der Waals surface area contributed by atoms with Crippen molar-refractivity contribution < 1.29 is 9.90 Å². The van der Waals surface area contributed by atoms with Crippen molar-refractivity contribution in [2.24, 2.45) is 0 Å². The second kappa shape index (κ2) is 7.11. The molecule has 0 radical (unpaired) electrons. The van der Waals surface area contributed by atoms with Gasteiger partial charge in [-0.25, -0.2) is 9.78 Å². The Morgan fingerprint density at radius 2 is 1.87 bits per heavy atom. The van der Waals surface area contributed by atoms with Gasteiger partial charge in [0, 0.05) is 12.0 Å². The van der Waals surface area contributed by atoms with Crippen molar-refractivity contribution in [1.29, 1.82) is 0 Å². The number of carbonyl (C=O) groups is 1. The summed E-state index contributed by atoms with van der Waals surface area (Å²) in [4.78, 5) is 18.5. The lowest BCUT2D eigenvalue weighted by molar-refractivity contribution is -0.131. The van der Waals surface area contributed by atoms with Crippen LogP contribution in [0.4, 0.5) is 0 Å². The molecule has 3 aromatic rings. The molecule has 3 rings (SSSR count). The van der Waals surface area contributed by atoms with Crippen molar-refractivity contribution in [3.05, 3.63) is 71.6 Å². The van der Waals surface area contributed by atoms with Gasteiger partial charge >= 0.3 is 5.97 Å². The summed E-state index contributed by atoms with van der Waals surface area (Å²) in [5.74, 6) is 0.125. The number of rotatable bonds is 4. The number of para-hydroxylation sites is 2. The molecule has 2 aromatic carbocycles. The average molecular weight is 329 g/mol. The van der Waals surface area contributed by atoms with Crippen molar-refractivity contribution in [3.63, 3.8) is 0 Å². The molecule has 0 fully saturated rings. The molecule has 1 atom stereocenters. The minimum atomic E-state index is -0.945. The largest absolute Gasteiger partial charge is 0.478 e. The normalized spacial score (nSPS) is 12.2. The lowest BCUT2D eigenvalue weighted by atomic mass is 9.99. The van der Waals surface area contributed by atoms with E-state index in [1.54, 1.807) is 6.08 Å². The third-order valence-corrected chi connectivity index (χ3v) is 3.67. The fraction of sp³-hybridized carbons (Fsp3) is 0.111. The number of hydrogen-bond acceptors (Lipinski definition) is 2. The maximum atomic E-state index is 10.5. The molecule has 0 aliphatic rings. The SMILES string of the molecule is C[C@@H](c1ccc(/C=C/C(=O)O)cc1)c1nc2ccccc2[nH]1.Cl. The first kappa shape index (κ1) is 16.8. The molecule has 1 aromatic heterocycles. The molecule has 4 nitrogen and oxygen atoms in total. The Kier molecular flexibility index (Phi) is 5.19. The van der Waals surface area contributed by atoms with Crippen LogP contribution in [0.15, 0.2) is 54.6 Å². The highest BCUT2D eigenvalue weighted by molar-refractivity contribution is 5.85. The predicted molar refractivity (Wildman–Crippen MR) is 94.0 cm³/mol. The number of aromatic nitrogens is 2. The molecule has 118 valence electrons. The average Bonchev–Trinajstić information content (AvgIpc) is 2.96. The van der Waals surface area contributed by atoms with Crippen molar-refractivity contribution in [3.8, 4) is 0 Å². The molecule has 0 aliphatic carbocycles. The molecule has 23 heavy (non-hydrogen) atoms. The summed E-state index contributed by atoms with van der Waals surface area (Å²) >= 11 is 0. The third kappa shape index (κ3) is 3.79. The molecule has 0 amide bonds. The van der Waals surface area contributed by atoms with Crippen LogP contribution in [0.5, 0.6) is 0 Å². The van der Waals surface area contributed by atoms with Gasteiger partial charge in [-0.2, -0.15) is 0 Å². The summed E-state index contributed by atoms with van der Waals surface area (Å²) < 4.78 is 0. The van der Waals surface area contributed by atoms with Crippen molar-refractivity contribution in [1.82, 2.24) is 9.97 Å². The Morgan fingerprint density at radius 1 is 1.17 bits per heavy atom. The van der Waals surface area contributed by atoms with Gasteiger partial charge < -0.3 is 10.1 Å². The van der Waals surface area contributed by atoms with Gasteiger partial charge in [-0.3, -0.25) is 0 Å². The first-order valence-electron chi connectivity index (χ1n) is 7.09. The monoisotopic (exact) mass is 328 g/mol. The van der Waals surface area contributed by atoms with E-state index in [0.717, 1.165) is 34.1 Å². The van der Waals surface area contributed by atoms with Gasteiger partial charge in [0.15, 0.2) is 0 Å². The lowest BCUT2D eigenvalue weighted by Crippen LogP contribution is -1.98. The van der Waals surface area contributed by atoms with Gasteiger partial charge in [0.1, 0.15) is 5.82 Å². The standard InChI is InChI=1S/C18H16N2O2.ClH/c1-12(18-19-15-4-2-3-5-16(15)20-18)14-9-6-13(7-10-14)8-11-17(21)22;/h2-12H,1H3,(H,19,20)(H,21,22);1H/b11-8+;/t12-;/m0./s1. The minimum Gasteiger partial charge on any atom is -0.478 e. The van der Waals surface area contributed by atoms with Crippen molar-refractivity contribution >= 4 is 35.5 Å². The molecule has 0 spiro atoms. The number of aliphatic carboxylic acids is 1. The lowest BCUT2D eigenvalue weighted by Gasteiger charge is -2.09. The molecule has 2 N–H and O–H groups in total. The zero-order chi connectivity index (χ0) is 15.5. The van der Waals surface area contributed by atoms with E-state index in [1.807, 2.05) is 48.5 Å². The molecule has 0 saturated heterocycles. The number of aromatic amines is 1. The Hall–Kier alpha value is -2.59. The zero-order valence-electron chi connectivity index (χ0n) is 12.6. The highest BCUT2D eigenvalue weighted by Crippen LogP contribution is 2.24. The molecule has 0 aliphatic heterocycles. The summed E-state index contributed by atoms with van der Waals surface area (Å²) in [5.41, 5.74) is 3.99. The van der Waals surface area contributed by atoms with Crippen LogP contribution in [-0.4, -0.2) is 21.0 Å². The topological polar surface area (TPSA) is 66.0 Å². The number of nitrogens with zero attached hydrogens (tertiary/aromatic N) is 1. The molecule has 0 bridgehead atoms. The van der Waals surface area contributed by atoms with Crippen LogP contribution in [0.25, 0.3) is 17.1 Å². The number of benzene rings is 2. The van der Waals surface area contributed by atoms with Crippen molar-refractivity contribution in [2.45, 2.75) is 12.8 Å². The smallest absolute Gasteiger partial charge is 0.328 e. The number of nitrogens with one attached hydrogen (secondary N) is 1. The molecule has 0 saturated carbocycles. The Bertz CT molecular complexity index is 805. The highest BCUT2D eigenvalue weighted by Gasteiger charge is 2.12. The van der Waals surface area contributed by atoms with E-state index >= 15 is 0 Å². The molecular formula is C18H17ClN2O2. The van der Waals surface area contributed by atoms with E-state index in [4.69, 9.17) is 5.11 Å². The van der Waals surface area contributed by atoms with Gasteiger partial charge in [-0.05, 0) is 29.3 Å². The Labute approximate surface area is 140 Å². The van der Waals surface area contributed by atoms with E-state index in [0.29, 0.717) is 0 Å². The van der Waals surface area contributed by atoms with Crippen LogP contribution in [0.1, 0.15) is 29.8 Å². The molecule has 0 unspecified atom stereocenters. The Balaban J connectivity index is 0.00000192. The summed E-state index contributed by atoms with van der Waals surface area (Å²) in [6, 6.07) is 15.8. The van der Waals surface area contributed by atoms with E-state index in [-0.39, 0.29) is 18.3 Å². The van der Waals surface area contributed by atoms with Gasteiger partial charge in [0.2, 0.25) is 0 Å². The maximum Gasteiger partial charge on any atom is 0.328 e. The first-order valence-corrected chi connectivity index (χ1v) is 7.09. The maximum absolute atomic E-state index is 10.5. The molecule has 1 heterocycles. The number of halogens is 1. The van der Waals surface area contributed by atoms with Gasteiger partial charge in [-0.15, -0.1) is 12.4 Å². The van der Waals surface area contributed by atoms with E-state index in [9.17, 15) is 4.79 Å². The first-order chi connectivity index (χ1) is 10.6. The Morgan fingerprint density at radius 3 is 2.52 bits per heavy atom. The van der Waals surface area contributed by atoms with E-state index < -0.39 is 5.97 Å². The number of carboxylic acid groups (broad SMARTS) is 1. The number of carboxylic acids is 1. The number of fused-ring (bicyclic) bond motifs is 1. The summed E-state index contributed by atoms with van der Waals surface area (Å²) in [6.45, 7) is 2.10. The minimum absolute atomic E-state index is 0. The quantitative estimate of drug-likeness (QED) is 0.704.